The molecule has 0 aromatic heterocycles. The van der Waals surface area contributed by atoms with E-state index in [2.05, 4.69) is 33.3 Å². The molecule has 2 aliphatic rings. The molecule has 1 fully saturated rings. The summed E-state index contributed by atoms with van der Waals surface area (Å²) in [4.78, 5) is 15.3. The van der Waals surface area contributed by atoms with Crippen molar-refractivity contribution in [3.8, 4) is 0 Å². The van der Waals surface area contributed by atoms with E-state index in [4.69, 9.17) is 0 Å². The maximum absolute atomic E-state index is 10.7. The number of carbonyl (C=O) groups excluding carboxylic acids is 1. The Labute approximate surface area is 108 Å². The number of rotatable bonds is 3. The third-order valence-electron chi connectivity index (χ3n) is 3.84. The highest BCUT2D eigenvalue weighted by molar-refractivity contribution is 5.70. The Balaban J connectivity index is 1.85. The Bertz CT molecular complexity index is 441. The number of anilines is 2. The second-order valence-electron chi connectivity index (χ2n) is 4.91. The lowest BCUT2D eigenvalue weighted by Gasteiger charge is -2.30. The fourth-order valence-electron chi connectivity index (χ4n) is 2.83. The highest BCUT2D eigenvalue weighted by Gasteiger charge is 2.20. The average Bonchev–Trinajstić information content (AvgIpc) is 2.83. The van der Waals surface area contributed by atoms with Gasteiger partial charge < -0.3 is 19.9 Å². The van der Waals surface area contributed by atoms with Crippen LogP contribution in [0.15, 0.2) is 18.2 Å². The number of hydrogen-bond acceptors (Lipinski definition) is 4. The van der Waals surface area contributed by atoms with Crippen molar-refractivity contribution in [3.63, 3.8) is 0 Å². The van der Waals surface area contributed by atoms with Crippen LogP contribution in [0.5, 0.6) is 0 Å². The molecule has 2 aliphatic heterocycles. The van der Waals surface area contributed by atoms with Gasteiger partial charge in [-0.3, -0.25) is 0 Å². The lowest BCUT2D eigenvalue weighted by Crippen LogP contribution is -2.43. The van der Waals surface area contributed by atoms with Crippen molar-refractivity contribution in [3.05, 3.63) is 23.8 Å². The van der Waals surface area contributed by atoms with Gasteiger partial charge in [-0.2, -0.15) is 0 Å². The Hall–Kier alpha value is -1.55. The van der Waals surface area contributed by atoms with Gasteiger partial charge in [0.1, 0.15) is 6.29 Å². The average molecular weight is 245 g/mol. The van der Waals surface area contributed by atoms with E-state index in [9.17, 15) is 4.79 Å². The first kappa shape index (κ1) is 11.5. The van der Waals surface area contributed by atoms with E-state index >= 15 is 0 Å². The Morgan fingerprint density at radius 3 is 2.83 bits per heavy atom. The van der Waals surface area contributed by atoms with Crippen LogP contribution in [0.2, 0.25) is 0 Å². The van der Waals surface area contributed by atoms with Crippen LogP contribution in [0.1, 0.15) is 5.56 Å². The summed E-state index contributed by atoms with van der Waals surface area (Å²) in [5.41, 5.74) is 3.90. The lowest BCUT2D eigenvalue weighted by molar-refractivity contribution is -0.106. The number of carbonyl (C=O) groups is 1. The standard InChI is InChI=1S/C14H19N3O/c18-10-9-17-6-3-12-1-2-13(11-14(12)17)16-7-4-15-5-8-16/h1-2,10-11,15H,3-9H2. The smallest absolute Gasteiger partial charge is 0.139 e. The Kier molecular flexibility index (Phi) is 3.19. The second kappa shape index (κ2) is 4.98. The number of nitrogens with zero attached hydrogens (tertiary/aromatic N) is 2. The van der Waals surface area contributed by atoms with Crippen LogP contribution in [0.25, 0.3) is 0 Å². The van der Waals surface area contributed by atoms with E-state index in [-0.39, 0.29) is 0 Å². The zero-order valence-corrected chi connectivity index (χ0v) is 10.6. The molecule has 2 heterocycles. The van der Waals surface area contributed by atoms with Crippen molar-refractivity contribution in [1.82, 2.24) is 5.32 Å². The largest absolute Gasteiger partial charge is 0.369 e. The molecule has 0 unspecified atom stereocenters. The summed E-state index contributed by atoms with van der Waals surface area (Å²) >= 11 is 0. The van der Waals surface area contributed by atoms with Crippen LogP contribution in [0.3, 0.4) is 0 Å². The van der Waals surface area contributed by atoms with Crippen LogP contribution >= 0.6 is 0 Å². The minimum Gasteiger partial charge on any atom is -0.369 e. The highest BCUT2D eigenvalue weighted by Crippen LogP contribution is 2.31. The summed E-state index contributed by atoms with van der Waals surface area (Å²) in [5, 5.41) is 3.37. The Morgan fingerprint density at radius 2 is 2.06 bits per heavy atom. The maximum atomic E-state index is 10.7. The maximum Gasteiger partial charge on any atom is 0.139 e. The van der Waals surface area contributed by atoms with Crippen LogP contribution < -0.4 is 15.1 Å². The van der Waals surface area contributed by atoms with Gasteiger partial charge in [-0.25, -0.2) is 0 Å². The molecule has 0 aliphatic carbocycles. The first-order valence-corrected chi connectivity index (χ1v) is 6.65. The number of fused-ring (bicyclic) bond motifs is 1. The molecular formula is C14H19N3O. The van der Waals surface area contributed by atoms with Gasteiger partial charge >= 0.3 is 0 Å². The first-order chi connectivity index (χ1) is 8.88. The molecule has 1 N–H and O–H groups in total. The zero-order chi connectivity index (χ0) is 12.4. The Morgan fingerprint density at radius 1 is 1.22 bits per heavy atom. The van der Waals surface area contributed by atoms with E-state index in [0.29, 0.717) is 6.54 Å². The molecule has 0 amide bonds. The number of nitrogens with one attached hydrogen (secondary N) is 1. The van der Waals surface area contributed by atoms with E-state index < -0.39 is 0 Å². The molecule has 1 saturated heterocycles. The molecule has 4 heteroatoms. The van der Waals surface area contributed by atoms with E-state index in [1.165, 1.54) is 16.9 Å². The predicted molar refractivity (Wildman–Crippen MR) is 73.5 cm³/mol. The number of hydrogen-bond donors (Lipinski definition) is 1. The SMILES string of the molecule is O=CCN1CCc2ccc(N3CCNCC3)cc21. The number of benzene rings is 1. The minimum atomic E-state index is 0.512. The summed E-state index contributed by atoms with van der Waals surface area (Å²) in [6.07, 6.45) is 2.05. The molecule has 3 rings (SSSR count). The summed E-state index contributed by atoms with van der Waals surface area (Å²) in [6, 6.07) is 6.68. The van der Waals surface area contributed by atoms with Gasteiger partial charge in [0.25, 0.3) is 0 Å². The summed E-state index contributed by atoms with van der Waals surface area (Å²) in [5.74, 6) is 0. The van der Waals surface area contributed by atoms with Crippen molar-refractivity contribution in [1.29, 1.82) is 0 Å². The van der Waals surface area contributed by atoms with E-state index in [0.717, 1.165) is 45.4 Å². The topological polar surface area (TPSA) is 35.6 Å². The third kappa shape index (κ3) is 2.08. The summed E-state index contributed by atoms with van der Waals surface area (Å²) in [7, 11) is 0. The summed E-state index contributed by atoms with van der Waals surface area (Å²) in [6.45, 7) is 5.71. The zero-order valence-electron chi connectivity index (χ0n) is 10.6. The molecule has 1 aromatic carbocycles. The second-order valence-corrected chi connectivity index (χ2v) is 4.91. The van der Waals surface area contributed by atoms with Crippen LogP contribution in [0, 0.1) is 0 Å². The van der Waals surface area contributed by atoms with Gasteiger partial charge in [0.05, 0.1) is 6.54 Å². The van der Waals surface area contributed by atoms with Crippen molar-refractivity contribution >= 4 is 17.7 Å². The third-order valence-corrected chi connectivity index (χ3v) is 3.84. The number of aldehydes is 1. The molecule has 1 aromatic rings. The van der Waals surface area contributed by atoms with Gasteiger partial charge in [-0.1, -0.05) is 6.07 Å². The molecule has 0 radical (unpaired) electrons. The molecule has 0 spiro atoms. The van der Waals surface area contributed by atoms with E-state index in [1.54, 1.807) is 0 Å². The van der Waals surface area contributed by atoms with E-state index in [1.807, 2.05) is 0 Å². The van der Waals surface area contributed by atoms with Crippen LogP contribution in [-0.2, 0) is 11.2 Å². The molecule has 18 heavy (non-hydrogen) atoms. The normalized spacial score (nSPS) is 18.9. The van der Waals surface area contributed by atoms with Gasteiger partial charge in [0.2, 0.25) is 0 Å². The van der Waals surface area contributed by atoms with Crippen molar-refractivity contribution in [2.45, 2.75) is 6.42 Å². The molecule has 4 nitrogen and oxygen atoms in total. The summed E-state index contributed by atoms with van der Waals surface area (Å²) < 4.78 is 0. The predicted octanol–water partition coefficient (Wildman–Crippen LogP) is 0.658. The first-order valence-electron chi connectivity index (χ1n) is 6.65. The fraction of sp³-hybridized carbons (Fsp3) is 0.500. The van der Waals surface area contributed by atoms with Gasteiger partial charge in [-0.05, 0) is 24.1 Å². The van der Waals surface area contributed by atoms with Crippen molar-refractivity contribution < 1.29 is 4.79 Å². The molecule has 96 valence electrons. The van der Waals surface area contributed by atoms with Gasteiger partial charge in [-0.15, -0.1) is 0 Å². The lowest BCUT2D eigenvalue weighted by atomic mass is 10.1. The fourth-order valence-corrected chi connectivity index (χ4v) is 2.83. The molecule has 0 bridgehead atoms. The van der Waals surface area contributed by atoms with Gasteiger partial charge in [0.15, 0.2) is 0 Å². The monoisotopic (exact) mass is 245 g/mol. The molecule has 0 saturated carbocycles. The van der Waals surface area contributed by atoms with Crippen molar-refractivity contribution in [2.75, 3.05) is 49.1 Å². The minimum absolute atomic E-state index is 0.512. The highest BCUT2D eigenvalue weighted by atomic mass is 16.1. The van der Waals surface area contributed by atoms with Crippen LogP contribution in [-0.4, -0.2) is 45.6 Å². The van der Waals surface area contributed by atoms with Crippen molar-refractivity contribution in [2.24, 2.45) is 0 Å². The molecule has 0 atom stereocenters. The quantitative estimate of drug-likeness (QED) is 0.794. The van der Waals surface area contributed by atoms with Gasteiger partial charge in [0, 0.05) is 44.1 Å². The van der Waals surface area contributed by atoms with Crippen LogP contribution in [0.4, 0.5) is 11.4 Å². The molecular weight excluding hydrogens is 226 g/mol. The number of piperazine rings is 1.